The second kappa shape index (κ2) is 6.15. The first-order valence-corrected chi connectivity index (χ1v) is 6.87. The molecule has 4 heteroatoms. The van der Waals surface area contributed by atoms with Crippen molar-refractivity contribution in [2.24, 2.45) is 5.41 Å². The Hall–Kier alpha value is -1.42. The third-order valence-electron chi connectivity index (χ3n) is 3.91. The molecule has 0 amide bonds. The molecule has 4 nitrogen and oxygen atoms in total. The Balaban J connectivity index is 1.81. The van der Waals surface area contributed by atoms with Gasteiger partial charge in [-0.05, 0) is 30.4 Å². The maximum atomic E-state index is 11.3. The molecule has 1 N–H and O–H groups in total. The van der Waals surface area contributed by atoms with E-state index >= 15 is 0 Å². The zero-order valence-corrected chi connectivity index (χ0v) is 11.7. The molecule has 0 bridgehead atoms. The van der Waals surface area contributed by atoms with Gasteiger partial charge in [0.05, 0.1) is 18.4 Å². The number of hydrogen-bond donors (Lipinski definition) is 1. The molecule has 1 aliphatic rings. The Morgan fingerprint density at radius 2 is 2.16 bits per heavy atom. The highest BCUT2D eigenvalue weighted by molar-refractivity contribution is 5.88. The van der Waals surface area contributed by atoms with Gasteiger partial charge >= 0.3 is 5.97 Å². The number of nitrogens with zero attached hydrogens (tertiary/aromatic N) is 1. The van der Waals surface area contributed by atoms with Crippen molar-refractivity contribution in [2.45, 2.75) is 39.2 Å². The van der Waals surface area contributed by atoms with E-state index in [1.807, 2.05) is 6.07 Å². The SMILES string of the molecule is COC(=O)c1ccc(CNCC2(C)CCCC2)nc1. The van der Waals surface area contributed by atoms with Gasteiger partial charge in [0.15, 0.2) is 0 Å². The van der Waals surface area contributed by atoms with Crippen LogP contribution in [-0.2, 0) is 11.3 Å². The standard InChI is InChI=1S/C15H22N2O2/c1-15(7-3-4-8-15)11-16-10-13-6-5-12(9-17-13)14(18)19-2/h5-6,9,16H,3-4,7-8,10-11H2,1-2H3. The minimum atomic E-state index is -0.342. The highest BCUT2D eigenvalue weighted by Crippen LogP contribution is 2.36. The summed E-state index contributed by atoms with van der Waals surface area (Å²) in [5.41, 5.74) is 1.90. The Labute approximate surface area is 114 Å². The number of methoxy groups -OCH3 is 1. The Morgan fingerprint density at radius 3 is 2.74 bits per heavy atom. The summed E-state index contributed by atoms with van der Waals surface area (Å²) in [4.78, 5) is 15.5. The van der Waals surface area contributed by atoms with Crippen molar-refractivity contribution in [3.63, 3.8) is 0 Å². The van der Waals surface area contributed by atoms with Gasteiger partial charge in [0, 0.05) is 19.3 Å². The van der Waals surface area contributed by atoms with Crippen LogP contribution in [0.1, 0.15) is 48.7 Å². The second-order valence-electron chi connectivity index (χ2n) is 5.65. The minimum Gasteiger partial charge on any atom is -0.465 e. The molecule has 19 heavy (non-hydrogen) atoms. The van der Waals surface area contributed by atoms with E-state index < -0.39 is 0 Å². The number of esters is 1. The lowest BCUT2D eigenvalue weighted by atomic mass is 9.89. The molecule has 104 valence electrons. The van der Waals surface area contributed by atoms with E-state index in [4.69, 9.17) is 0 Å². The third kappa shape index (κ3) is 3.77. The molecule has 0 spiro atoms. The van der Waals surface area contributed by atoms with Gasteiger partial charge in [0.1, 0.15) is 0 Å². The maximum Gasteiger partial charge on any atom is 0.339 e. The second-order valence-corrected chi connectivity index (χ2v) is 5.65. The van der Waals surface area contributed by atoms with Crippen molar-refractivity contribution in [2.75, 3.05) is 13.7 Å². The summed E-state index contributed by atoms with van der Waals surface area (Å²) in [6, 6.07) is 3.63. The van der Waals surface area contributed by atoms with E-state index in [0.717, 1.165) is 18.8 Å². The molecule has 1 aromatic heterocycles. The predicted molar refractivity (Wildman–Crippen MR) is 73.9 cm³/mol. The van der Waals surface area contributed by atoms with Gasteiger partial charge < -0.3 is 10.1 Å². The van der Waals surface area contributed by atoms with Crippen molar-refractivity contribution in [3.8, 4) is 0 Å². The van der Waals surface area contributed by atoms with Crippen molar-refractivity contribution in [1.29, 1.82) is 0 Å². The Bertz CT molecular complexity index is 422. The van der Waals surface area contributed by atoms with E-state index in [2.05, 4.69) is 22.0 Å². The first kappa shape index (κ1) is 14.0. The van der Waals surface area contributed by atoms with E-state index in [1.165, 1.54) is 32.8 Å². The van der Waals surface area contributed by atoms with Crippen molar-refractivity contribution >= 4 is 5.97 Å². The van der Waals surface area contributed by atoms with Crippen molar-refractivity contribution in [1.82, 2.24) is 10.3 Å². The summed E-state index contributed by atoms with van der Waals surface area (Å²) in [6.45, 7) is 4.13. The summed E-state index contributed by atoms with van der Waals surface area (Å²) in [6.07, 6.45) is 6.90. The fraction of sp³-hybridized carbons (Fsp3) is 0.600. The van der Waals surface area contributed by atoms with Crippen molar-refractivity contribution < 1.29 is 9.53 Å². The lowest BCUT2D eigenvalue weighted by molar-refractivity contribution is 0.0600. The quantitative estimate of drug-likeness (QED) is 0.828. The summed E-state index contributed by atoms with van der Waals surface area (Å²) in [5, 5.41) is 3.47. The molecule has 1 fully saturated rings. The number of carbonyl (C=O) groups is 1. The first-order valence-electron chi connectivity index (χ1n) is 6.87. The molecule has 0 unspecified atom stereocenters. The van der Waals surface area contributed by atoms with Crippen LogP contribution in [0.3, 0.4) is 0 Å². The molecule has 0 aliphatic heterocycles. The third-order valence-corrected chi connectivity index (χ3v) is 3.91. The van der Waals surface area contributed by atoms with E-state index in [-0.39, 0.29) is 5.97 Å². The molecule has 0 atom stereocenters. The van der Waals surface area contributed by atoms with E-state index in [9.17, 15) is 4.79 Å². The number of carbonyl (C=O) groups excluding carboxylic acids is 1. The van der Waals surface area contributed by atoms with E-state index in [0.29, 0.717) is 11.0 Å². The van der Waals surface area contributed by atoms with Gasteiger partial charge in [0.25, 0.3) is 0 Å². The normalized spacial score (nSPS) is 17.4. The predicted octanol–water partition coefficient (Wildman–Crippen LogP) is 2.54. The fourth-order valence-corrected chi connectivity index (χ4v) is 2.67. The van der Waals surface area contributed by atoms with Crippen LogP contribution in [0.15, 0.2) is 18.3 Å². The van der Waals surface area contributed by atoms with Crippen LogP contribution in [0.2, 0.25) is 0 Å². The monoisotopic (exact) mass is 262 g/mol. The maximum absolute atomic E-state index is 11.3. The highest BCUT2D eigenvalue weighted by Gasteiger charge is 2.27. The molecule has 1 aromatic rings. The average molecular weight is 262 g/mol. The summed E-state index contributed by atoms with van der Waals surface area (Å²) in [7, 11) is 1.38. The molecule has 1 heterocycles. The van der Waals surface area contributed by atoms with Crippen LogP contribution in [0.4, 0.5) is 0 Å². The van der Waals surface area contributed by atoms with Crippen LogP contribution >= 0.6 is 0 Å². The Kier molecular flexibility index (Phi) is 4.53. The summed E-state index contributed by atoms with van der Waals surface area (Å²) >= 11 is 0. The van der Waals surface area contributed by atoms with Gasteiger partial charge in [-0.25, -0.2) is 4.79 Å². The zero-order valence-electron chi connectivity index (χ0n) is 11.7. The molecule has 2 rings (SSSR count). The van der Waals surface area contributed by atoms with Gasteiger partial charge in [-0.1, -0.05) is 19.8 Å². The summed E-state index contributed by atoms with van der Waals surface area (Å²) < 4.78 is 4.64. The van der Waals surface area contributed by atoms with Gasteiger partial charge in [-0.15, -0.1) is 0 Å². The molecule has 1 saturated carbocycles. The number of aromatic nitrogens is 1. The average Bonchev–Trinajstić information content (AvgIpc) is 2.86. The molecular formula is C15H22N2O2. The lowest BCUT2D eigenvalue weighted by Crippen LogP contribution is -2.29. The zero-order chi connectivity index (χ0) is 13.7. The van der Waals surface area contributed by atoms with Gasteiger partial charge in [0.2, 0.25) is 0 Å². The Morgan fingerprint density at radius 1 is 1.42 bits per heavy atom. The fourth-order valence-electron chi connectivity index (χ4n) is 2.67. The number of pyridine rings is 1. The van der Waals surface area contributed by atoms with Crippen LogP contribution in [0, 0.1) is 5.41 Å². The topological polar surface area (TPSA) is 51.2 Å². The minimum absolute atomic E-state index is 0.342. The van der Waals surface area contributed by atoms with Crippen molar-refractivity contribution in [3.05, 3.63) is 29.6 Å². The molecular weight excluding hydrogens is 240 g/mol. The number of rotatable bonds is 5. The highest BCUT2D eigenvalue weighted by atomic mass is 16.5. The molecule has 0 aromatic carbocycles. The van der Waals surface area contributed by atoms with Crippen LogP contribution in [0.25, 0.3) is 0 Å². The van der Waals surface area contributed by atoms with Gasteiger partial charge in [-0.2, -0.15) is 0 Å². The van der Waals surface area contributed by atoms with Crippen LogP contribution in [0.5, 0.6) is 0 Å². The first-order chi connectivity index (χ1) is 9.13. The molecule has 0 radical (unpaired) electrons. The largest absolute Gasteiger partial charge is 0.465 e. The number of nitrogens with one attached hydrogen (secondary N) is 1. The lowest BCUT2D eigenvalue weighted by Gasteiger charge is -2.23. The number of hydrogen-bond acceptors (Lipinski definition) is 4. The van der Waals surface area contributed by atoms with Gasteiger partial charge in [-0.3, -0.25) is 4.98 Å². The van der Waals surface area contributed by atoms with E-state index in [1.54, 1.807) is 12.3 Å². The van der Waals surface area contributed by atoms with Crippen LogP contribution in [-0.4, -0.2) is 24.6 Å². The summed E-state index contributed by atoms with van der Waals surface area (Å²) in [5.74, 6) is -0.342. The molecule has 1 aliphatic carbocycles. The smallest absolute Gasteiger partial charge is 0.339 e. The van der Waals surface area contributed by atoms with Crippen LogP contribution < -0.4 is 5.32 Å². The number of ether oxygens (including phenoxy) is 1. The molecule has 0 saturated heterocycles.